The van der Waals surface area contributed by atoms with Gasteiger partial charge in [-0.1, -0.05) is 36.4 Å². The number of nitrogens with two attached hydrogens (primary N) is 1. The number of hydrogen-bond acceptors (Lipinski definition) is 3. The van der Waals surface area contributed by atoms with Gasteiger partial charge in [-0.15, -0.1) is 0 Å². The van der Waals surface area contributed by atoms with Crippen molar-refractivity contribution in [3.05, 3.63) is 42.5 Å². The molecule has 0 aliphatic heterocycles. The maximum atomic E-state index is 11.0. The van der Waals surface area contributed by atoms with Gasteiger partial charge in [-0.05, 0) is 18.4 Å². The van der Waals surface area contributed by atoms with Crippen molar-refractivity contribution in [3.63, 3.8) is 0 Å². The van der Waals surface area contributed by atoms with Gasteiger partial charge < -0.3 is 10.4 Å². The molecule has 0 heterocycles. The van der Waals surface area contributed by atoms with Gasteiger partial charge in [-0.2, -0.15) is 0 Å². The minimum Gasteiger partial charge on any atom is -0.479 e. The Morgan fingerprint density at radius 2 is 1.88 bits per heavy atom. The monoisotopic (exact) mass is 230 g/mol. The Hall–Kier alpha value is -2.07. The topological polar surface area (TPSA) is 75.3 Å². The van der Waals surface area contributed by atoms with Gasteiger partial charge in [-0.3, -0.25) is 5.73 Å². The van der Waals surface area contributed by atoms with Crippen LogP contribution in [0, 0.1) is 0 Å². The predicted octanol–water partition coefficient (Wildman–Crippen LogP) is 2.01. The number of carboxylic acids is 1. The second kappa shape index (κ2) is 4.07. The fourth-order valence-corrected chi connectivity index (χ4v) is 1.67. The lowest BCUT2D eigenvalue weighted by Gasteiger charge is -2.23. The van der Waals surface area contributed by atoms with Gasteiger partial charge in [0.1, 0.15) is 0 Å². The van der Waals surface area contributed by atoms with Crippen LogP contribution in [0.15, 0.2) is 42.5 Å². The van der Waals surface area contributed by atoms with Gasteiger partial charge in [0, 0.05) is 11.1 Å². The molecule has 0 aliphatic carbocycles. The largest absolute Gasteiger partial charge is 0.479 e. The zero-order valence-electron chi connectivity index (χ0n) is 9.47. The first-order chi connectivity index (χ1) is 8.00. The number of carbonyl (C=O) groups is 1. The average Bonchev–Trinajstić information content (AvgIpc) is 2.29. The summed E-state index contributed by atoms with van der Waals surface area (Å²) in [4.78, 5) is 11.0. The molecule has 0 saturated heterocycles. The van der Waals surface area contributed by atoms with E-state index in [4.69, 9.17) is 10.8 Å². The second-order valence-electron chi connectivity index (χ2n) is 4.16. The van der Waals surface area contributed by atoms with Crippen molar-refractivity contribution >= 4 is 22.4 Å². The Labute approximate surface area is 99.1 Å². The molecule has 0 aromatic heterocycles. The van der Waals surface area contributed by atoms with E-state index in [0.717, 1.165) is 16.5 Å². The molecule has 4 heteroatoms. The molecule has 1 atom stereocenters. The number of fused-ring (bicyclic) bond motifs is 1. The molecule has 88 valence electrons. The molecule has 0 spiro atoms. The summed E-state index contributed by atoms with van der Waals surface area (Å²) in [5, 5.41) is 13.8. The third kappa shape index (κ3) is 2.21. The molecule has 0 saturated carbocycles. The van der Waals surface area contributed by atoms with E-state index in [1.54, 1.807) is 0 Å². The smallest absolute Gasteiger partial charge is 0.344 e. The zero-order chi connectivity index (χ0) is 12.5. The minimum absolute atomic E-state index is 0.718. The number of carboxylic acid groups (broad SMARTS) is 1. The van der Waals surface area contributed by atoms with Crippen LogP contribution in [0.4, 0.5) is 5.69 Å². The highest BCUT2D eigenvalue weighted by molar-refractivity contribution is 5.95. The fourth-order valence-electron chi connectivity index (χ4n) is 1.67. The molecule has 0 radical (unpaired) electrons. The van der Waals surface area contributed by atoms with E-state index in [1.807, 2.05) is 42.5 Å². The molecule has 1 unspecified atom stereocenters. The van der Waals surface area contributed by atoms with Gasteiger partial charge in [0.2, 0.25) is 0 Å². The summed E-state index contributed by atoms with van der Waals surface area (Å²) in [7, 11) is 0. The zero-order valence-corrected chi connectivity index (χ0v) is 9.47. The van der Waals surface area contributed by atoms with E-state index in [1.165, 1.54) is 6.92 Å². The number of rotatable bonds is 3. The lowest BCUT2D eigenvalue weighted by Crippen LogP contribution is -2.51. The maximum absolute atomic E-state index is 11.0. The summed E-state index contributed by atoms with van der Waals surface area (Å²) in [6.07, 6.45) is 0. The molecule has 2 aromatic carbocycles. The summed E-state index contributed by atoms with van der Waals surface area (Å²) in [5.41, 5.74) is 4.91. The summed E-state index contributed by atoms with van der Waals surface area (Å²) >= 11 is 0. The Morgan fingerprint density at radius 3 is 2.59 bits per heavy atom. The molecular formula is C13H14N2O2. The van der Waals surface area contributed by atoms with Crippen molar-refractivity contribution in [3.8, 4) is 0 Å². The van der Waals surface area contributed by atoms with Crippen molar-refractivity contribution in [2.45, 2.75) is 12.6 Å². The van der Waals surface area contributed by atoms with E-state index in [-0.39, 0.29) is 0 Å². The van der Waals surface area contributed by atoms with Crippen LogP contribution in [0.1, 0.15) is 6.92 Å². The van der Waals surface area contributed by atoms with Crippen LogP contribution >= 0.6 is 0 Å². The Bertz CT molecular complexity index is 559. The number of hydrogen-bond donors (Lipinski definition) is 3. The number of benzene rings is 2. The third-order valence-electron chi connectivity index (χ3n) is 2.63. The lowest BCUT2D eigenvalue weighted by atomic mass is 10.1. The normalized spacial score (nSPS) is 14.2. The first kappa shape index (κ1) is 11.4. The number of anilines is 1. The summed E-state index contributed by atoms with van der Waals surface area (Å²) < 4.78 is 0. The van der Waals surface area contributed by atoms with E-state index >= 15 is 0 Å². The van der Waals surface area contributed by atoms with Gasteiger partial charge >= 0.3 is 5.97 Å². The average molecular weight is 230 g/mol. The van der Waals surface area contributed by atoms with Crippen LogP contribution in [0.2, 0.25) is 0 Å². The second-order valence-corrected chi connectivity index (χ2v) is 4.16. The lowest BCUT2D eigenvalue weighted by molar-refractivity contribution is -0.141. The van der Waals surface area contributed by atoms with Crippen LogP contribution in [-0.4, -0.2) is 16.7 Å². The Kier molecular flexibility index (Phi) is 2.73. The highest BCUT2D eigenvalue weighted by Crippen LogP contribution is 2.24. The first-order valence-corrected chi connectivity index (χ1v) is 5.29. The quantitative estimate of drug-likeness (QED) is 0.705. The molecule has 4 N–H and O–H groups in total. The molecular weight excluding hydrogens is 216 g/mol. The summed E-state index contributed by atoms with van der Waals surface area (Å²) in [6.45, 7) is 1.43. The van der Waals surface area contributed by atoms with Gasteiger partial charge in [0.05, 0.1) is 0 Å². The highest BCUT2D eigenvalue weighted by Gasteiger charge is 2.27. The van der Waals surface area contributed by atoms with Crippen molar-refractivity contribution in [1.82, 2.24) is 0 Å². The maximum Gasteiger partial charge on any atom is 0.344 e. The summed E-state index contributed by atoms with van der Waals surface area (Å²) in [5.74, 6) is -1.09. The molecule has 2 rings (SSSR count). The van der Waals surface area contributed by atoms with Gasteiger partial charge in [-0.25, -0.2) is 4.79 Å². The van der Waals surface area contributed by atoms with Gasteiger partial charge in [0.15, 0.2) is 5.66 Å². The van der Waals surface area contributed by atoms with Crippen molar-refractivity contribution < 1.29 is 9.90 Å². The molecule has 4 nitrogen and oxygen atoms in total. The van der Waals surface area contributed by atoms with E-state index in [9.17, 15) is 4.79 Å². The van der Waals surface area contributed by atoms with Crippen molar-refractivity contribution in [1.29, 1.82) is 0 Å². The highest BCUT2D eigenvalue weighted by atomic mass is 16.4. The molecule has 2 aromatic rings. The van der Waals surface area contributed by atoms with Crippen molar-refractivity contribution in [2.24, 2.45) is 5.73 Å². The fraction of sp³-hybridized carbons (Fsp3) is 0.154. The van der Waals surface area contributed by atoms with E-state index in [2.05, 4.69) is 5.32 Å². The van der Waals surface area contributed by atoms with E-state index < -0.39 is 11.6 Å². The number of nitrogens with one attached hydrogen (secondary N) is 1. The molecule has 17 heavy (non-hydrogen) atoms. The van der Waals surface area contributed by atoms with E-state index in [0.29, 0.717) is 0 Å². The first-order valence-electron chi connectivity index (χ1n) is 5.29. The Morgan fingerprint density at radius 1 is 1.24 bits per heavy atom. The van der Waals surface area contributed by atoms with Crippen LogP contribution in [0.5, 0.6) is 0 Å². The minimum atomic E-state index is -1.48. The number of aliphatic carboxylic acids is 1. The van der Waals surface area contributed by atoms with Crippen LogP contribution in [0.3, 0.4) is 0 Å². The predicted molar refractivity (Wildman–Crippen MR) is 67.8 cm³/mol. The molecule has 0 amide bonds. The van der Waals surface area contributed by atoms with Crippen LogP contribution < -0.4 is 11.1 Å². The van der Waals surface area contributed by atoms with Crippen LogP contribution in [-0.2, 0) is 4.79 Å². The molecule has 0 fully saturated rings. The third-order valence-corrected chi connectivity index (χ3v) is 2.63. The van der Waals surface area contributed by atoms with Crippen molar-refractivity contribution in [2.75, 3.05) is 5.32 Å². The Balaban J connectivity index is 2.46. The SMILES string of the molecule is CC(N)(Nc1cccc2ccccc12)C(=O)O. The molecule has 0 bridgehead atoms. The molecule has 0 aliphatic rings. The standard InChI is InChI=1S/C13H14N2O2/c1-13(14,12(16)17)15-11-8-4-6-9-5-2-3-7-10(9)11/h2-8,15H,14H2,1H3,(H,16,17). The van der Waals surface area contributed by atoms with Gasteiger partial charge in [0.25, 0.3) is 0 Å². The summed E-state index contributed by atoms with van der Waals surface area (Å²) in [6, 6.07) is 13.4. The van der Waals surface area contributed by atoms with Crippen LogP contribution in [0.25, 0.3) is 10.8 Å².